The number of sulfone groups is 1. The van der Waals surface area contributed by atoms with Gasteiger partial charge in [0.2, 0.25) is 5.95 Å². The van der Waals surface area contributed by atoms with Gasteiger partial charge >= 0.3 is 0 Å². The van der Waals surface area contributed by atoms with Crippen LogP contribution in [0.15, 0.2) is 30.6 Å². The van der Waals surface area contributed by atoms with Crippen LogP contribution in [0.3, 0.4) is 0 Å². The summed E-state index contributed by atoms with van der Waals surface area (Å²) in [4.78, 5) is 16.9. The Balaban J connectivity index is 1.42. The molecule has 210 valence electrons. The zero-order chi connectivity index (χ0) is 28.1. The predicted molar refractivity (Wildman–Crippen MR) is 149 cm³/mol. The van der Waals surface area contributed by atoms with E-state index in [1.807, 2.05) is 24.8 Å². The van der Waals surface area contributed by atoms with Crippen LogP contribution >= 0.6 is 0 Å². The maximum absolute atomic E-state index is 15.4. The van der Waals surface area contributed by atoms with Crippen molar-refractivity contribution in [2.24, 2.45) is 5.92 Å². The first-order valence-corrected chi connectivity index (χ1v) is 15.1. The summed E-state index contributed by atoms with van der Waals surface area (Å²) < 4.78 is 53.4. The third-order valence-corrected chi connectivity index (χ3v) is 8.54. The number of nitrogens with zero attached hydrogens (tertiary/aromatic N) is 5. The molecule has 12 heteroatoms. The summed E-state index contributed by atoms with van der Waals surface area (Å²) in [7, 11) is -3.10. The van der Waals surface area contributed by atoms with E-state index in [9.17, 15) is 17.9 Å². The number of halogens is 2. The van der Waals surface area contributed by atoms with Crippen molar-refractivity contribution in [3.05, 3.63) is 42.0 Å². The van der Waals surface area contributed by atoms with E-state index in [-0.39, 0.29) is 36.4 Å². The number of fused-ring (bicyclic) bond motifs is 1. The van der Waals surface area contributed by atoms with Gasteiger partial charge in [-0.25, -0.2) is 27.2 Å². The molecule has 0 spiro atoms. The van der Waals surface area contributed by atoms with Crippen LogP contribution in [0, 0.1) is 11.7 Å². The van der Waals surface area contributed by atoms with Crippen LogP contribution in [0.2, 0.25) is 0 Å². The molecule has 2 N–H and O–H groups in total. The summed E-state index contributed by atoms with van der Waals surface area (Å²) in [6.07, 6.45) is 3.69. The molecule has 0 amide bonds. The van der Waals surface area contributed by atoms with Crippen molar-refractivity contribution in [1.29, 1.82) is 0 Å². The minimum atomic E-state index is -3.10. The summed E-state index contributed by atoms with van der Waals surface area (Å²) in [5.74, 6) is 1.09. The highest BCUT2D eigenvalue weighted by atomic mass is 32.2. The molecule has 1 aromatic carbocycles. The van der Waals surface area contributed by atoms with Gasteiger partial charge in [-0.15, -0.1) is 0 Å². The number of pyridine rings is 1. The number of anilines is 4. The number of aliphatic hydroxyl groups excluding tert-OH is 1. The number of piperidine rings is 1. The average Bonchev–Trinajstić information content (AvgIpc) is 2.82. The van der Waals surface area contributed by atoms with Gasteiger partial charge in [0.15, 0.2) is 5.67 Å². The van der Waals surface area contributed by atoms with Gasteiger partial charge in [0.25, 0.3) is 0 Å². The van der Waals surface area contributed by atoms with Crippen molar-refractivity contribution in [3.63, 3.8) is 0 Å². The van der Waals surface area contributed by atoms with Crippen molar-refractivity contribution < 1.29 is 22.3 Å². The van der Waals surface area contributed by atoms with E-state index < -0.39 is 21.6 Å². The van der Waals surface area contributed by atoms with Crippen LogP contribution < -0.4 is 15.1 Å². The van der Waals surface area contributed by atoms with Gasteiger partial charge in [-0.05, 0) is 48.4 Å². The van der Waals surface area contributed by atoms with Gasteiger partial charge in [-0.2, -0.15) is 4.98 Å². The number of benzene rings is 1. The van der Waals surface area contributed by atoms with E-state index in [1.54, 1.807) is 29.4 Å². The van der Waals surface area contributed by atoms with E-state index in [4.69, 9.17) is 0 Å². The average molecular weight is 561 g/mol. The Morgan fingerprint density at radius 3 is 2.59 bits per heavy atom. The molecule has 2 aromatic heterocycles. The second-order valence-corrected chi connectivity index (χ2v) is 13.5. The second kappa shape index (κ2) is 10.1. The zero-order valence-electron chi connectivity index (χ0n) is 22.5. The molecule has 2 aliphatic rings. The Morgan fingerprint density at radius 2 is 1.92 bits per heavy atom. The van der Waals surface area contributed by atoms with E-state index >= 15 is 4.39 Å². The molecule has 2 atom stereocenters. The van der Waals surface area contributed by atoms with E-state index in [2.05, 4.69) is 20.3 Å². The summed E-state index contributed by atoms with van der Waals surface area (Å²) in [5, 5.41) is 14.6. The fourth-order valence-corrected chi connectivity index (χ4v) is 6.52. The van der Waals surface area contributed by atoms with E-state index in [0.717, 1.165) is 10.9 Å². The monoisotopic (exact) mass is 560 g/mol. The molecule has 0 saturated carbocycles. The summed E-state index contributed by atoms with van der Waals surface area (Å²) in [6.45, 7) is 6.73. The lowest BCUT2D eigenvalue weighted by atomic mass is 9.93. The lowest BCUT2D eigenvalue weighted by Crippen LogP contribution is -2.52. The normalized spacial score (nSPS) is 22.4. The first-order chi connectivity index (χ1) is 18.3. The highest BCUT2D eigenvalue weighted by molar-refractivity contribution is 7.90. The molecule has 5 rings (SSSR count). The Hall–Kier alpha value is -3.12. The smallest absolute Gasteiger partial charge is 0.227 e. The number of rotatable bonds is 7. The third-order valence-electron chi connectivity index (χ3n) is 7.46. The molecule has 0 bridgehead atoms. The summed E-state index contributed by atoms with van der Waals surface area (Å²) in [5.41, 5.74) is -0.488. The minimum Gasteiger partial charge on any atom is -0.390 e. The molecule has 0 radical (unpaired) electrons. The molecule has 3 aromatic rings. The van der Waals surface area contributed by atoms with Gasteiger partial charge in [0, 0.05) is 49.6 Å². The summed E-state index contributed by atoms with van der Waals surface area (Å²) >= 11 is 0. The number of hydrogen-bond acceptors (Lipinski definition) is 9. The Bertz CT molecular complexity index is 1490. The topological polar surface area (TPSA) is 112 Å². The minimum absolute atomic E-state index is 0.0144. The highest BCUT2D eigenvalue weighted by Gasteiger charge is 2.40. The van der Waals surface area contributed by atoms with Gasteiger partial charge < -0.3 is 20.2 Å². The van der Waals surface area contributed by atoms with Gasteiger partial charge in [-0.3, -0.25) is 0 Å². The maximum atomic E-state index is 15.4. The van der Waals surface area contributed by atoms with Crippen LogP contribution in [0.25, 0.3) is 10.8 Å². The molecule has 2 fully saturated rings. The predicted octanol–water partition coefficient (Wildman–Crippen LogP) is 3.81. The Kier molecular flexibility index (Phi) is 7.13. The Labute approximate surface area is 227 Å². The van der Waals surface area contributed by atoms with Crippen LogP contribution in [-0.4, -0.2) is 78.4 Å². The third kappa shape index (κ3) is 5.76. The SMILES string of the molecule is CC(C)c1cc(F)c(N2CC(CS(C)(=O)=O)C2)c2cnc(Nc3ccnc(N4CC[C@@H](O)[C@@](C)(F)C4)n3)cc12. The summed E-state index contributed by atoms with van der Waals surface area (Å²) in [6, 6.07) is 5.10. The molecule has 39 heavy (non-hydrogen) atoms. The lowest BCUT2D eigenvalue weighted by Gasteiger charge is -2.41. The van der Waals surface area contributed by atoms with Crippen molar-refractivity contribution in [2.45, 2.75) is 44.9 Å². The van der Waals surface area contributed by atoms with Crippen molar-refractivity contribution in [1.82, 2.24) is 15.0 Å². The lowest BCUT2D eigenvalue weighted by molar-refractivity contribution is -0.00860. The van der Waals surface area contributed by atoms with Crippen molar-refractivity contribution >= 4 is 43.9 Å². The number of nitrogens with one attached hydrogen (secondary N) is 1. The van der Waals surface area contributed by atoms with Crippen LogP contribution in [0.1, 0.15) is 38.7 Å². The van der Waals surface area contributed by atoms with Gasteiger partial charge in [0.1, 0.15) is 27.3 Å². The number of hydrogen-bond donors (Lipinski definition) is 2. The largest absolute Gasteiger partial charge is 0.390 e. The number of aliphatic hydroxyl groups is 1. The molecule has 2 aliphatic heterocycles. The van der Waals surface area contributed by atoms with E-state index in [0.29, 0.717) is 48.3 Å². The molecule has 0 aliphatic carbocycles. The molecule has 4 heterocycles. The first kappa shape index (κ1) is 27.4. The molecular formula is C27H34F2N6O3S. The van der Waals surface area contributed by atoms with E-state index in [1.165, 1.54) is 13.2 Å². The standard InChI is InChI=1S/C27H34F2N6O3S/c1-16(2)18-9-21(28)25(35-12-17(13-35)14-39(4,37)38)20-11-31-24(10-19(18)20)32-23-5-7-30-26(33-23)34-8-6-22(36)27(3,29)15-34/h5,7,9-11,16-17,22,36H,6,8,12-15H2,1-4H3,(H,30,31,32,33)/t22-,27+/m1/s1. The van der Waals surface area contributed by atoms with Crippen LogP contribution in [0.5, 0.6) is 0 Å². The quantitative estimate of drug-likeness (QED) is 0.446. The molecule has 2 saturated heterocycles. The fourth-order valence-electron chi connectivity index (χ4n) is 5.46. The van der Waals surface area contributed by atoms with Crippen LogP contribution in [0.4, 0.5) is 32.1 Å². The molecular weight excluding hydrogens is 526 g/mol. The highest BCUT2D eigenvalue weighted by Crippen LogP contribution is 2.39. The number of alkyl halides is 1. The zero-order valence-corrected chi connectivity index (χ0v) is 23.3. The second-order valence-electron chi connectivity index (χ2n) is 11.3. The molecule has 0 unspecified atom stereocenters. The fraction of sp³-hybridized carbons (Fsp3) is 0.519. The first-order valence-electron chi connectivity index (χ1n) is 13.1. The van der Waals surface area contributed by atoms with Gasteiger partial charge in [-0.1, -0.05) is 13.8 Å². The van der Waals surface area contributed by atoms with Gasteiger partial charge in [0.05, 0.1) is 24.1 Å². The number of aromatic nitrogens is 3. The van der Waals surface area contributed by atoms with Crippen LogP contribution in [-0.2, 0) is 9.84 Å². The Morgan fingerprint density at radius 1 is 1.18 bits per heavy atom. The van der Waals surface area contributed by atoms with Crippen molar-refractivity contribution in [3.8, 4) is 0 Å². The van der Waals surface area contributed by atoms with Crippen molar-refractivity contribution in [2.75, 3.05) is 53.3 Å². The molecule has 9 nitrogen and oxygen atoms in total. The maximum Gasteiger partial charge on any atom is 0.227 e.